The van der Waals surface area contributed by atoms with Crippen molar-refractivity contribution in [3.05, 3.63) is 96.1 Å². The zero-order valence-corrected chi connectivity index (χ0v) is 19.5. The highest BCUT2D eigenvalue weighted by atomic mass is 127. The number of amides is 1. The van der Waals surface area contributed by atoms with Gasteiger partial charge in [-0.05, 0) is 87.5 Å². The molecule has 0 saturated carbocycles. The van der Waals surface area contributed by atoms with Gasteiger partial charge in [0.2, 0.25) is 0 Å². The summed E-state index contributed by atoms with van der Waals surface area (Å²) in [5.41, 5.74) is 6.37. The van der Waals surface area contributed by atoms with Crippen molar-refractivity contribution in [3.63, 3.8) is 0 Å². The number of halogens is 2. The van der Waals surface area contributed by atoms with Crippen molar-refractivity contribution >= 4 is 57.3 Å². The lowest BCUT2D eigenvalue weighted by atomic mass is 10.1. The second kappa shape index (κ2) is 10.0. The predicted molar refractivity (Wildman–Crippen MR) is 129 cm³/mol. The molecule has 1 N–H and O–H groups in total. The Hall–Kier alpha value is -1.94. The molecule has 3 rings (SSSR count). The van der Waals surface area contributed by atoms with Gasteiger partial charge in [-0.2, -0.15) is 5.10 Å². The average Bonchev–Trinajstić information content (AvgIpc) is 2.68. The van der Waals surface area contributed by atoms with Crippen LogP contribution in [0.2, 0.25) is 0 Å². The maximum absolute atomic E-state index is 12.0. The summed E-state index contributed by atoms with van der Waals surface area (Å²) in [6.45, 7) is 2.59. The Labute approximate surface area is 191 Å². The van der Waals surface area contributed by atoms with Crippen molar-refractivity contribution in [2.45, 2.75) is 13.5 Å². The van der Waals surface area contributed by atoms with E-state index in [0.717, 1.165) is 24.0 Å². The second-order valence-electron chi connectivity index (χ2n) is 6.16. The van der Waals surface area contributed by atoms with Gasteiger partial charge in [0.05, 0.1) is 13.4 Å². The van der Waals surface area contributed by atoms with Crippen molar-refractivity contribution in [2.75, 3.05) is 0 Å². The van der Waals surface area contributed by atoms with Crippen LogP contribution in [0, 0.1) is 14.1 Å². The Kier molecular flexibility index (Phi) is 7.43. The van der Waals surface area contributed by atoms with Crippen molar-refractivity contribution < 1.29 is 9.53 Å². The Morgan fingerprint density at radius 3 is 2.43 bits per heavy atom. The number of nitrogens with one attached hydrogen (secondary N) is 1. The molecule has 1 amide bonds. The number of rotatable bonds is 6. The van der Waals surface area contributed by atoms with Gasteiger partial charge in [-0.1, -0.05) is 48.0 Å². The summed E-state index contributed by atoms with van der Waals surface area (Å²) in [4.78, 5) is 12.0. The first-order chi connectivity index (χ1) is 13.5. The van der Waals surface area contributed by atoms with E-state index in [-0.39, 0.29) is 5.91 Å². The molecule has 4 nitrogen and oxygen atoms in total. The van der Waals surface area contributed by atoms with Crippen molar-refractivity contribution in [2.24, 2.45) is 5.10 Å². The minimum absolute atomic E-state index is 0.237. The van der Waals surface area contributed by atoms with Crippen LogP contribution in [0.15, 0.2) is 71.8 Å². The number of hydrogen-bond donors (Lipinski definition) is 1. The van der Waals surface area contributed by atoms with Gasteiger partial charge in [-0.15, -0.1) is 0 Å². The quantitative estimate of drug-likeness (QED) is 0.231. The summed E-state index contributed by atoms with van der Waals surface area (Å²) in [6.07, 6.45) is 1.63. The first-order valence-electron chi connectivity index (χ1n) is 8.59. The fourth-order valence-electron chi connectivity index (χ4n) is 2.57. The number of nitrogens with zero attached hydrogens (tertiary/aromatic N) is 1. The molecule has 0 atom stereocenters. The monoisotopic (exact) mass is 596 g/mol. The van der Waals surface area contributed by atoms with Gasteiger partial charge in [0.25, 0.3) is 5.91 Å². The smallest absolute Gasteiger partial charge is 0.271 e. The average molecular weight is 596 g/mol. The molecule has 0 aliphatic carbocycles. The Balaban J connectivity index is 1.65. The first-order valence-corrected chi connectivity index (χ1v) is 10.7. The van der Waals surface area contributed by atoms with E-state index in [4.69, 9.17) is 4.74 Å². The van der Waals surface area contributed by atoms with Crippen LogP contribution < -0.4 is 10.2 Å². The number of carbonyl (C=O) groups is 1. The van der Waals surface area contributed by atoms with Crippen LogP contribution in [0.4, 0.5) is 0 Å². The van der Waals surface area contributed by atoms with E-state index in [1.807, 2.05) is 36.4 Å². The predicted octanol–water partition coefficient (Wildman–Crippen LogP) is 5.55. The van der Waals surface area contributed by atoms with E-state index in [2.05, 4.69) is 80.8 Å². The molecule has 3 aromatic carbocycles. The van der Waals surface area contributed by atoms with E-state index < -0.39 is 0 Å². The molecule has 0 unspecified atom stereocenters. The number of aryl methyl sites for hydroxylation is 1. The molecule has 0 aromatic heterocycles. The molecule has 6 heteroatoms. The zero-order chi connectivity index (χ0) is 19.9. The molecular weight excluding hydrogens is 578 g/mol. The molecular formula is C22H18I2N2O2. The fourth-order valence-corrected chi connectivity index (χ4v) is 4.70. The van der Waals surface area contributed by atoms with Gasteiger partial charge in [0, 0.05) is 5.56 Å². The highest BCUT2D eigenvalue weighted by Crippen LogP contribution is 2.29. The molecule has 28 heavy (non-hydrogen) atoms. The Morgan fingerprint density at radius 1 is 1.04 bits per heavy atom. The van der Waals surface area contributed by atoms with Gasteiger partial charge < -0.3 is 4.74 Å². The highest BCUT2D eigenvalue weighted by molar-refractivity contribution is 14.1. The summed E-state index contributed by atoms with van der Waals surface area (Å²) < 4.78 is 8.02. The number of hydrazone groups is 1. The minimum Gasteiger partial charge on any atom is -0.487 e. The van der Waals surface area contributed by atoms with Crippen LogP contribution in [0.3, 0.4) is 0 Å². The third-order valence-electron chi connectivity index (χ3n) is 3.90. The normalized spacial score (nSPS) is 10.8. The van der Waals surface area contributed by atoms with Gasteiger partial charge in [-0.25, -0.2) is 5.43 Å². The SMILES string of the molecule is Cc1cccc(COc2c(I)cc(/C=N\NC(=O)c3ccccc3)cc2I)c1. The maximum Gasteiger partial charge on any atom is 0.271 e. The van der Waals surface area contributed by atoms with Crippen LogP contribution in [0.25, 0.3) is 0 Å². The second-order valence-corrected chi connectivity index (χ2v) is 8.48. The molecule has 0 saturated heterocycles. The minimum atomic E-state index is -0.237. The third kappa shape index (κ3) is 5.78. The number of benzene rings is 3. The van der Waals surface area contributed by atoms with Gasteiger partial charge in [0.15, 0.2) is 0 Å². The Bertz CT molecular complexity index is 981. The molecule has 0 spiro atoms. The standard InChI is InChI=1S/C22H18I2N2O2/c1-15-6-5-7-16(10-15)14-28-21-19(23)11-17(12-20(21)24)13-25-26-22(27)18-8-3-2-4-9-18/h2-13H,14H2,1H3,(H,26,27)/b25-13-. The summed E-state index contributed by atoms with van der Waals surface area (Å²) in [5.74, 6) is 0.618. The largest absolute Gasteiger partial charge is 0.487 e. The number of ether oxygens (including phenoxy) is 1. The van der Waals surface area contributed by atoms with E-state index >= 15 is 0 Å². The van der Waals surface area contributed by atoms with Crippen LogP contribution in [0.1, 0.15) is 27.0 Å². The van der Waals surface area contributed by atoms with Crippen molar-refractivity contribution in [3.8, 4) is 5.75 Å². The molecule has 0 radical (unpaired) electrons. The molecule has 0 aliphatic heterocycles. The zero-order valence-electron chi connectivity index (χ0n) is 15.2. The maximum atomic E-state index is 12.0. The van der Waals surface area contributed by atoms with Crippen molar-refractivity contribution in [1.29, 1.82) is 0 Å². The van der Waals surface area contributed by atoms with Crippen LogP contribution >= 0.6 is 45.2 Å². The van der Waals surface area contributed by atoms with Crippen LogP contribution in [0.5, 0.6) is 5.75 Å². The van der Waals surface area contributed by atoms with E-state index in [0.29, 0.717) is 12.2 Å². The lowest BCUT2D eigenvalue weighted by molar-refractivity contribution is 0.0955. The van der Waals surface area contributed by atoms with Gasteiger partial charge >= 0.3 is 0 Å². The highest BCUT2D eigenvalue weighted by Gasteiger charge is 2.09. The van der Waals surface area contributed by atoms with Gasteiger partial charge in [-0.3, -0.25) is 4.79 Å². The fraction of sp³-hybridized carbons (Fsp3) is 0.0909. The van der Waals surface area contributed by atoms with Gasteiger partial charge in [0.1, 0.15) is 12.4 Å². The lowest BCUT2D eigenvalue weighted by Gasteiger charge is -2.12. The summed E-state index contributed by atoms with van der Waals surface area (Å²) in [7, 11) is 0. The van der Waals surface area contributed by atoms with E-state index in [9.17, 15) is 4.79 Å². The number of hydrogen-bond acceptors (Lipinski definition) is 3. The molecule has 3 aromatic rings. The Morgan fingerprint density at radius 2 is 1.75 bits per heavy atom. The van der Waals surface area contributed by atoms with Crippen LogP contribution in [-0.4, -0.2) is 12.1 Å². The summed E-state index contributed by atoms with van der Waals surface area (Å²) >= 11 is 4.51. The van der Waals surface area contributed by atoms with E-state index in [1.54, 1.807) is 18.3 Å². The first kappa shape index (κ1) is 20.8. The van der Waals surface area contributed by atoms with Crippen molar-refractivity contribution in [1.82, 2.24) is 5.43 Å². The lowest BCUT2D eigenvalue weighted by Crippen LogP contribution is -2.17. The summed E-state index contributed by atoms with van der Waals surface area (Å²) in [5, 5.41) is 4.06. The molecule has 0 fully saturated rings. The molecule has 0 heterocycles. The van der Waals surface area contributed by atoms with Crippen LogP contribution in [-0.2, 0) is 6.61 Å². The molecule has 142 valence electrons. The molecule has 0 aliphatic rings. The molecule has 0 bridgehead atoms. The third-order valence-corrected chi connectivity index (χ3v) is 5.50. The number of carbonyl (C=O) groups excluding carboxylic acids is 1. The topological polar surface area (TPSA) is 50.7 Å². The summed E-state index contributed by atoms with van der Waals surface area (Å²) in [6, 6.07) is 21.2. The van der Waals surface area contributed by atoms with E-state index in [1.165, 1.54) is 5.56 Å².